The maximum Gasteiger partial charge on any atom is 0.172 e. The molecular weight excluding hydrogens is 352 g/mol. The van der Waals surface area contributed by atoms with Gasteiger partial charge in [0, 0.05) is 30.6 Å². The van der Waals surface area contributed by atoms with Crippen molar-refractivity contribution in [3.8, 4) is 10.7 Å². The van der Waals surface area contributed by atoms with Crippen LogP contribution >= 0.6 is 11.3 Å². The van der Waals surface area contributed by atoms with Crippen LogP contribution in [0.15, 0.2) is 41.8 Å². The standard InChI is InChI=1S/C22H26N4S/c1-16-6-4-12-26(16)17-10-13-25(14-11-17)22-18-7-2-3-8-19(18)23-21(24-22)20-9-5-15-27-20/h2-3,5,7-9,15-17H,4,6,10-14H2,1H3. The third-order valence-electron chi connectivity index (χ3n) is 6.16. The average molecular weight is 379 g/mol. The first-order chi connectivity index (χ1) is 13.3. The summed E-state index contributed by atoms with van der Waals surface area (Å²) in [7, 11) is 0. The number of fused-ring (bicyclic) bond motifs is 1. The van der Waals surface area contributed by atoms with Gasteiger partial charge in [0.2, 0.25) is 0 Å². The molecule has 2 fully saturated rings. The minimum atomic E-state index is 0.739. The fourth-order valence-corrected chi connectivity index (χ4v) is 5.38. The fraction of sp³-hybridized carbons (Fsp3) is 0.455. The third-order valence-corrected chi connectivity index (χ3v) is 7.03. The maximum absolute atomic E-state index is 5.02. The largest absolute Gasteiger partial charge is 0.356 e. The lowest BCUT2D eigenvalue weighted by molar-refractivity contribution is 0.163. The van der Waals surface area contributed by atoms with Crippen LogP contribution in [0.2, 0.25) is 0 Å². The monoisotopic (exact) mass is 378 g/mol. The van der Waals surface area contributed by atoms with Crippen LogP contribution in [0.3, 0.4) is 0 Å². The number of thiophene rings is 1. The fourth-order valence-electron chi connectivity index (χ4n) is 4.72. The number of hydrogen-bond donors (Lipinski definition) is 0. The zero-order valence-electron chi connectivity index (χ0n) is 15.8. The van der Waals surface area contributed by atoms with Gasteiger partial charge in [-0.1, -0.05) is 18.2 Å². The quantitative estimate of drug-likeness (QED) is 0.655. The van der Waals surface area contributed by atoms with E-state index >= 15 is 0 Å². The van der Waals surface area contributed by atoms with E-state index in [0.29, 0.717) is 0 Å². The van der Waals surface area contributed by atoms with E-state index in [1.165, 1.54) is 37.6 Å². The summed E-state index contributed by atoms with van der Waals surface area (Å²) >= 11 is 1.71. The summed E-state index contributed by atoms with van der Waals surface area (Å²) < 4.78 is 0. The Morgan fingerprint density at radius 2 is 1.81 bits per heavy atom. The topological polar surface area (TPSA) is 32.3 Å². The molecule has 0 N–H and O–H groups in total. The lowest BCUT2D eigenvalue weighted by atomic mass is 10.0. The zero-order valence-corrected chi connectivity index (χ0v) is 16.7. The first-order valence-electron chi connectivity index (χ1n) is 10.1. The van der Waals surface area contributed by atoms with Gasteiger partial charge in [0.1, 0.15) is 5.82 Å². The van der Waals surface area contributed by atoms with Crippen LogP contribution in [0, 0.1) is 0 Å². The molecule has 2 aromatic heterocycles. The molecule has 0 aliphatic carbocycles. The molecule has 140 valence electrons. The van der Waals surface area contributed by atoms with Crippen LogP contribution in [0.5, 0.6) is 0 Å². The highest BCUT2D eigenvalue weighted by atomic mass is 32.1. The summed E-state index contributed by atoms with van der Waals surface area (Å²) in [6.45, 7) is 5.84. The van der Waals surface area contributed by atoms with Crippen molar-refractivity contribution in [2.45, 2.75) is 44.7 Å². The number of likely N-dealkylation sites (tertiary alicyclic amines) is 1. The first-order valence-corrected chi connectivity index (χ1v) is 11.0. The molecule has 0 saturated carbocycles. The Hall–Kier alpha value is -1.98. The van der Waals surface area contributed by atoms with Gasteiger partial charge in [-0.2, -0.15) is 0 Å². The van der Waals surface area contributed by atoms with E-state index < -0.39 is 0 Å². The van der Waals surface area contributed by atoms with E-state index in [0.717, 1.165) is 47.2 Å². The molecular formula is C22H26N4S. The number of anilines is 1. The molecule has 0 spiro atoms. The molecule has 1 atom stereocenters. The van der Waals surface area contributed by atoms with Crippen molar-refractivity contribution in [1.82, 2.24) is 14.9 Å². The van der Waals surface area contributed by atoms with Crippen LogP contribution in [0.4, 0.5) is 5.82 Å². The van der Waals surface area contributed by atoms with Crippen molar-refractivity contribution in [3.63, 3.8) is 0 Å². The van der Waals surface area contributed by atoms with E-state index in [2.05, 4.69) is 58.5 Å². The summed E-state index contributed by atoms with van der Waals surface area (Å²) in [5.74, 6) is 1.96. The molecule has 2 aliphatic heterocycles. The van der Waals surface area contributed by atoms with E-state index in [1.807, 2.05) is 0 Å². The molecule has 4 heterocycles. The Bertz CT molecular complexity index is 915. The SMILES string of the molecule is CC1CCCN1C1CCN(c2nc(-c3cccs3)nc3ccccc23)CC1. The molecule has 27 heavy (non-hydrogen) atoms. The van der Waals surface area contributed by atoms with Gasteiger partial charge in [-0.3, -0.25) is 4.90 Å². The highest BCUT2D eigenvalue weighted by Gasteiger charge is 2.31. The van der Waals surface area contributed by atoms with Crippen molar-refractivity contribution < 1.29 is 0 Å². The Balaban J connectivity index is 1.44. The molecule has 0 bridgehead atoms. The molecule has 0 radical (unpaired) electrons. The lowest BCUT2D eigenvalue weighted by Crippen LogP contribution is -2.46. The molecule has 4 nitrogen and oxygen atoms in total. The number of rotatable bonds is 3. The van der Waals surface area contributed by atoms with Crippen LogP contribution in [0.1, 0.15) is 32.6 Å². The van der Waals surface area contributed by atoms with Crippen molar-refractivity contribution >= 4 is 28.1 Å². The van der Waals surface area contributed by atoms with Gasteiger partial charge >= 0.3 is 0 Å². The predicted molar refractivity (Wildman–Crippen MR) is 113 cm³/mol. The zero-order chi connectivity index (χ0) is 18.2. The summed E-state index contributed by atoms with van der Waals surface area (Å²) in [5, 5.41) is 3.27. The number of nitrogens with zero attached hydrogens (tertiary/aromatic N) is 4. The molecule has 2 aliphatic rings. The number of benzene rings is 1. The Kier molecular flexibility index (Phi) is 4.58. The van der Waals surface area contributed by atoms with E-state index in [-0.39, 0.29) is 0 Å². The highest BCUT2D eigenvalue weighted by molar-refractivity contribution is 7.13. The molecule has 5 heteroatoms. The smallest absolute Gasteiger partial charge is 0.172 e. The normalized spacial score (nSPS) is 22.0. The van der Waals surface area contributed by atoms with Gasteiger partial charge in [0.25, 0.3) is 0 Å². The number of aromatic nitrogens is 2. The average Bonchev–Trinajstić information content (AvgIpc) is 3.39. The highest BCUT2D eigenvalue weighted by Crippen LogP contribution is 2.32. The number of hydrogen-bond acceptors (Lipinski definition) is 5. The summed E-state index contributed by atoms with van der Waals surface area (Å²) in [4.78, 5) is 16.2. The second-order valence-corrected chi connectivity index (χ2v) is 8.76. The van der Waals surface area contributed by atoms with Crippen LogP contribution in [-0.4, -0.2) is 46.6 Å². The molecule has 1 unspecified atom stereocenters. The molecule has 5 rings (SSSR count). The van der Waals surface area contributed by atoms with Gasteiger partial charge in [-0.25, -0.2) is 9.97 Å². The van der Waals surface area contributed by atoms with Gasteiger partial charge in [0.15, 0.2) is 5.82 Å². The van der Waals surface area contributed by atoms with Crippen molar-refractivity contribution in [2.24, 2.45) is 0 Å². The Morgan fingerprint density at radius 3 is 2.56 bits per heavy atom. The predicted octanol–water partition coefficient (Wildman–Crippen LogP) is 4.81. The first kappa shape index (κ1) is 17.1. The van der Waals surface area contributed by atoms with Crippen molar-refractivity contribution in [1.29, 1.82) is 0 Å². The van der Waals surface area contributed by atoms with Gasteiger partial charge in [0.05, 0.1) is 10.4 Å². The molecule has 2 saturated heterocycles. The van der Waals surface area contributed by atoms with Crippen LogP contribution < -0.4 is 4.90 Å². The maximum atomic E-state index is 5.02. The summed E-state index contributed by atoms with van der Waals surface area (Å²) in [6, 6.07) is 14.1. The molecule has 3 aromatic rings. The van der Waals surface area contributed by atoms with Gasteiger partial charge in [-0.15, -0.1) is 11.3 Å². The molecule has 0 amide bonds. The number of para-hydroxylation sites is 1. The summed E-state index contributed by atoms with van der Waals surface area (Å²) in [6.07, 6.45) is 5.19. The minimum Gasteiger partial charge on any atom is -0.356 e. The second-order valence-electron chi connectivity index (χ2n) is 7.81. The van der Waals surface area contributed by atoms with E-state index in [4.69, 9.17) is 9.97 Å². The van der Waals surface area contributed by atoms with Crippen LogP contribution in [-0.2, 0) is 0 Å². The number of piperidine rings is 1. The second kappa shape index (κ2) is 7.21. The van der Waals surface area contributed by atoms with E-state index in [9.17, 15) is 0 Å². The Morgan fingerprint density at radius 1 is 0.963 bits per heavy atom. The lowest BCUT2D eigenvalue weighted by Gasteiger charge is -2.39. The van der Waals surface area contributed by atoms with Crippen molar-refractivity contribution in [2.75, 3.05) is 24.5 Å². The summed E-state index contributed by atoms with van der Waals surface area (Å²) in [5.41, 5.74) is 1.04. The third kappa shape index (κ3) is 3.23. The van der Waals surface area contributed by atoms with Crippen LogP contribution in [0.25, 0.3) is 21.6 Å². The van der Waals surface area contributed by atoms with Crippen molar-refractivity contribution in [3.05, 3.63) is 41.8 Å². The minimum absolute atomic E-state index is 0.739. The van der Waals surface area contributed by atoms with E-state index in [1.54, 1.807) is 11.3 Å². The molecule has 1 aromatic carbocycles. The van der Waals surface area contributed by atoms with Gasteiger partial charge in [-0.05, 0) is 62.7 Å². The van der Waals surface area contributed by atoms with Gasteiger partial charge < -0.3 is 4.90 Å². The Labute approximate surface area is 164 Å².